The molecular weight excluding hydrogens is 318 g/mol. The van der Waals surface area contributed by atoms with Crippen molar-refractivity contribution in [1.82, 2.24) is 10.6 Å². The van der Waals surface area contributed by atoms with Crippen LogP contribution in [0.25, 0.3) is 0 Å². The summed E-state index contributed by atoms with van der Waals surface area (Å²) < 4.78 is 4.77. The average Bonchev–Trinajstić information content (AvgIpc) is 2.54. The van der Waals surface area contributed by atoms with E-state index in [2.05, 4.69) is 10.6 Å². The van der Waals surface area contributed by atoms with Crippen LogP contribution in [-0.4, -0.2) is 25.0 Å². The number of hydrogen-bond acceptors (Lipinski definition) is 5. The van der Waals surface area contributed by atoms with Crippen molar-refractivity contribution < 1.29 is 14.3 Å². The van der Waals surface area contributed by atoms with Crippen LogP contribution in [0.4, 0.5) is 0 Å². The van der Waals surface area contributed by atoms with Gasteiger partial charge in [0.15, 0.2) is 0 Å². The third-order valence-corrected chi connectivity index (χ3v) is 3.16. The second kappa shape index (κ2) is 10.2. The molecule has 122 valence electrons. The van der Waals surface area contributed by atoms with Crippen LogP contribution in [0, 0.1) is 11.3 Å². The molecule has 0 unspecified atom stereocenters. The van der Waals surface area contributed by atoms with E-state index in [1.165, 1.54) is 6.20 Å². The van der Waals surface area contributed by atoms with Crippen LogP contribution in [0.15, 0.2) is 36.0 Å². The first-order chi connectivity index (χ1) is 11.1. The van der Waals surface area contributed by atoms with Gasteiger partial charge in [0.05, 0.1) is 13.0 Å². The van der Waals surface area contributed by atoms with E-state index in [0.29, 0.717) is 11.6 Å². The summed E-state index contributed by atoms with van der Waals surface area (Å²) in [5, 5.41) is 14.9. The van der Waals surface area contributed by atoms with Gasteiger partial charge in [-0.2, -0.15) is 5.26 Å². The molecule has 1 rings (SSSR count). The fraction of sp³-hybridized carbons (Fsp3) is 0.312. The summed E-state index contributed by atoms with van der Waals surface area (Å²) in [6.45, 7) is 2.55. The van der Waals surface area contributed by atoms with Crippen molar-refractivity contribution in [2.45, 2.75) is 19.9 Å². The van der Waals surface area contributed by atoms with Gasteiger partial charge in [-0.15, -0.1) is 0 Å². The normalized spacial score (nSPS) is 10.6. The SMILES string of the molecule is CCOC(=O)CCN/C=C(/C#N)C(=O)NCc1ccccc1Cl. The highest BCUT2D eigenvalue weighted by Gasteiger charge is 2.09. The Kier molecular flexibility index (Phi) is 8.25. The third-order valence-electron chi connectivity index (χ3n) is 2.79. The summed E-state index contributed by atoms with van der Waals surface area (Å²) in [7, 11) is 0. The highest BCUT2D eigenvalue weighted by molar-refractivity contribution is 6.31. The van der Waals surface area contributed by atoms with E-state index in [0.717, 1.165) is 5.56 Å². The van der Waals surface area contributed by atoms with E-state index < -0.39 is 5.91 Å². The fourth-order valence-electron chi connectivity index (χ4n) is 1.64. The maximum absolute atomic E-state index is 11.9. The van der Waals surface area contributed by atoms with Crippen LogP contribution in [0.5, 0.6) is 0 Å². The molecule has 0 heterocycles. The smallest absolute Gasteiger partial charge is 0.307 e. The zero-order valence-electron chi connectivity index (χ0n) is 12.8. The molecule has 7 heteroatoms. The number of hydrogen-bond donors (Lipinski definition) is 2. The van der Waals surface area contributed by atoms with E-state index in [1.54, 1.807) is 31.2 Å². The minimum absolute atomic E-state index is 0.0825. The summed E-state index contributed by atoms with van der Waals surface area (Å²) in [5.41, 5.74) is 0.677. The number of nitrogens with one attached hydrogen (secondary N) is 2. The highest BCUT2D eigenvalue weighted by atomic mass is 35.5. The zero-order valence-corrected chi connectivity index (χ0v) is 13.5. The predicted molar refractivity (Wildman–Crippen MR) is 86.2 cm³/mol. The van der Waals surface area contributed by atoms with Crippen molar-refractivity contribution in [1.29, 1.82) is 5.26 Å². The highest BCUT2D eigenvalue weighted by Crippen LogP contribution is 2.14. The molecule has 1 aromatic carbocycles. The molecule has 6 nitrogen and oxygen atoms in total. The van der Waals surface area contributed by atoms with Gasteiger partial charge in [-0.05, 0) is 18.6 Å². The maximum atomic E-state index is 11.9. The van der Waals surface area contributed by atoms with E-state index in [-0.39, 0.29) is 31.1 Å². The number of carbonyl (C=O) groups excluding carboxylic acids is 2. The van der Waals surface area contributed by atoms with Crippen LogP contribution < -0.4 is 10.6 Å². The molecule has 0 aromatic heterocycles. The first-order valence-electron chi connectivity index (χ1n) is 7.09. The van der Waals surface area contributed by atoms with Crippen LogP contribution in [0.1, 0.15) is 18.9 Å². The van der Waals surface area contributed by atoms with Crippen LogP contribution in [-0.2, 0) is 20.9 Å². The lowest BCUT2D eigenvalue weighted by Gasteiger charge is -2.06. The molecule has 0 aliphatic rings. The molecule has 0 fully saturated rings. The number of ether oxygens (including phenoxy) is 1. The van der Waals surface area contributed by atoms with Gasteiger partial charge >= 0.3 is 5.97 Å². The van der Waals surface area contributed by atoms with Gasteiger partial charge in [-0.1, -0.05) is 29.8 Å². The number of amides is 1. The number of halogens is 1. The van der Waals surface area contributed by atoms with Gasteiger partial charge in [0.25, 0.3) is 5.91 Å². The summed E-state index contributed by atoms with van der Waals surface area (Å²) in [6.07, 6.45) is 1.44. The predicted octanol–water partition coefficient (Wildman–Crippen LogP) is 1.91. The van der Waals surface area contributed by atoms with Crippen molar-refractivity contribution in [3.63, 3.8) is 0 Å². The molecule has 23 heavy (non-hydrogen) atoms. The average molecular weight is 336 g/mol. The molecule has 1 aromatic rings. The van der Waals surface area contributed by atoms with Crippen molar-refractivity contribution in [2.75, 3.05) is 13.2 Å². The summed E-state index contributed by atoms with van der Waals surface area (Å²) in [5.74, 6) is -0.855. The molecule has 1 amide bonds. The fourth-order valence-corrected chi connectivity index (χ4v) is 1.85. The minimum atomic E-state index is -0.518. The first-order valence-corrected chi connectivity index (χ1v) is 7.47. The van der Waals surface area contributed by atoms with Crippen molar-refractivity contribution in [3.05, 3.63) is 46.6 Å². The van der Waals surface area contributed by atoms with Crippen molar-refractivity contribution in [2.24, 2.45) is 0 Å². The Balaban J connectivity index is 2.45. The van der Waals surface area contributed by atoms with Crippen LogP contribution >= 0.6 is 11.6 Å². The topological polar surface area (TPSA) is 91.2 Å². The lowest BCUT2D eigenvalue weighted by Crippen LogP contribution is -2.25. The van der Waals surface area contributed by atoms with Gasteiger partial charge < -0.3 is 15.4 Å². The lowest BCUT2D eigenvalue weighted by molar-refractivity contribution is -0.142. The molecule has 0 spiro atoms. The van der Waals surface area contributed by atoms with Gasteiger partial charge in [-0.3, -0.25) is 9.59 Å². The van der Waals surface area contributed by atoms with Crippen LogP contribution in [0.3, 0.4) is 0 Å². The number of rotatable bonds is 8. The Bertz CT molecular complexity index is 623. The molecule has 0 saturated heterocycles. The Morgan fingerprint density at radius 2 is 2.13 bits per heavy atom. The largest absolute Gasteiger partial charge is 0.466 e. The van der Waals surface area contributed by atoms with E-state index in [4.69, 9.17) is 21.6 Å². The number of benzene rings is 1. The Hall–Kier alpha value is -2.52. The second-order valence-electron chi connectivity index (χ2n) is 4.45. The summed E-state index contributed by atoms with van der Waals surface area (Å²) in [6, 6.07) is 8.92. The lowest BCUT2D eigenvalue weighted by atomic mass is 10.2. The quantitative estimate of drug-likeness (QED) is 0.328. The Labute approximate surface area is 140 Å². The van der Waals surface area contributed by atoms with Crippen LogP contribution in [0.2, 0.25) is 5.02 Å². The van der Waals surface area contributed by atoms with E-state index in [1.807, 2.05) is 6.07 Å². The van der Waals surface area contributed by atoms with Gasteiger partial charge in [0.2, 0.25) is 0 Å². The third kappa shape index (κ3) is 6.85. The number of esters is 1. The standard InChI is InChI=1S/C16H18ClN3O3/c1-2-23-15(21)7-8-19-10-13(9-18)16(22)20-11-12-5-3-4-6-14(12)17/h3-6,10,19H,2,7-8,11H2,1H3,(H,20,22)/b13-10-. The van der Waals surface area contributed by atoms with Gasteiger partial charge in [0.1, 0.15) is 11.6 Å². The monoisotopic (exact) mass is 335 g/mol. The number of nitriles is 1. The van der Waals surface area contributed by atoms with Crippen molar-refractivity contribution in [3.8, 4) is 6.07 Å². The maximum Gasteiger partial charge on any atom is 0.307 e. The van der Waals surface area contributed by atoms with Gasteiger partial charge in [-0.25, -0.2) is 0 Å². The molecule has 0 atom stereocenters. The number of carbonyl (C=O) groups is 2. The molecule has 0 saturated carbocycles. The second-order valence-corrected chi connectivity index (χ2v) is 4.86. The van der Waals surface area contributed by atoms with Gasteiger partial charge in [0, 0.05) is 24.3 Å². The zero-order chi connectivity index (χ0) is 17.1. The summed E-state index contributed by atoms with van der Waals surface area (Å²) in [4.78, 5) is 23.1. The Morgan fingerprint density at radius 1 is 1.39 bits per heavy atom. The van der Waals surface area contributed by atoms with E-state index in [9.17, 15) is 9.59 Å². The molecule has 2 N–H and O–H groups in total. The number of nitrogens with zero attached hydrogens (tertiary/aromatic N) is 1. The van der Waals surface area contributed by atoms with E-state index >= 15 is 0 Å². The molecule has 0 aliphatic carbocycles. The molecule has 0 radical (unpaired) electrons. The molecule has 0 aliphatic heterocycles. The minimum Gasteiger partial charge on any atom is -0.466 e. The Morgan fingerprint density at radius 3 is 2.78 bits per heavy atom. The summed E-state index contributed by atoms with van der Waals surface area (Å²) >= 11 is 5.99. The first kappa shape index (κ1) is 18.5. The van der Waals surface area contributed by atoms with Crippen molar-refractivity contribution >= 4 is 23.5 Å². The molecular formula is C16H18ClN3O3. The molecule has 0 bridgehead atoms.